The summed E-state index contributed by atoms with van der Waals surface area (Å²) in [7, 11) is 2.05. The van der Waals surface area contributed by atoms with Crippen molar-refractivity contribution >= 4 is 5.82 Å². The highest BCUT2D eigenvalue weighted by molar-refractivity contribution is 5.39. The lowest BCUT2D eigenvalue weighted by Gasteiger charge is -2.17. The Morgan fingerprint density at radius 2 is 2.31 bits per heavy atom. The summed E-state index contributed by atoms with van der Waals surface area (Å²) in [5.41, 5.74) is 6.68. The normalized spacial score (nSPS) is 10.1. The summed E-state index contributed by atoms with van der Waals surface area (Å²) in [6.45, 7) is 3.76. The second kappa shape index (κ2) is 4.82. The van der Waals surface area contributed by atoms with Crippen LogP contribution in [0.5, 0.6) is 0 Å². The van der Waals surface area contributed by atoms with Gasteiger partial charge in [0.2, 0.25) is 0 Å². The molecule has 0 fully saturated rings. The van der Waals surface area contributed by atoms with Crippen molar-refractivity contribution < 1.29 is 0 Å². The largest absolute Gasteiger partial charge is 0.360 e. The molecule has 2 N–H and O–H groups in total. The zero-order chi connectivity index (χ0) is 9.68. The highest BCUT2D eigenvalue weighted by Crippen LogP contribution is 2.10. The Labute approximate surface area is 79.6 Å². The average molecular weight is 179 g/mol. The Balaban J connectivity index is 2.75. The van der Waals surface area contributed by atoms with Crippen LogP contribution in [0.3, 0.4) is 0 Å². The zero-order valence-electron chi connectivity index (χ0n) is 8.33. The second-order valence-electron chi connectivity index (χ2n) is 3.15. The van der Waals surface area contributed by atoms with Crippen LogP contribution in [0.15, 0.2) is 18.3 Å². The van der Waals surface area contributed by atoms with Gasteiger partial charge in [0.25, 0.3) is 0 Å². The van der Waals surface area contributed by atoms with Gasteiger partial charge in [0.05, 0.1) is 0 Å². The minimum Gasteiger partial charge on any atom is -0.360 e. The molecule has 0 aromatic carbocycles. The van der Waals surface area contributed by atoms with Crippen LogP contribution in [-0.2, 0) is 6.54 Å². The smallest absolute Gasteiger partial charge is 0.128 e. The molecule has 0 radical (unpaired) electrons. The molecule has 1 aromatic rings. The predicted octanol–water partition coefficient (Wildman–Crippen LogP) is 1.39. The highest BCUT2D eigenvalue weighted by Gasteiger charge is 2.00. The molecule has 0 atom stereocenters. The van der Waals surface area contributed by atoms with E-state index in [1.165, 1.54) is 0 Å². The fourth-order valence-electron chi connectivity index (χ4n) is 1.25. The van der Waals surface area contributed by atoms with Gasteiger partial charge in [-0.1, -0.05) is 6.92 Å². The van der Waals surface area contributed by atoms with E-state index in [1.807, 2.05) is 25.4 Å². The van der Waals surface area contributed by atoms with Crippen LogP contribution in [0.4, 0.5) is 5.82 Å². The first-order chi connectivity index (χ1) is 6.27. The molecule has 1 heterocycles. The lowest BCUT2D eigenvalue weighted by Crippen LogP contribution is -2.19. The van der Waals surface area contributed by atoms with Crippen molar-refractivity contribution in [2.45, 2.75) is 19.9 Å². The SMILES string of the molecule is CCCN(C)c1cc(CN)ccn1. The van der Waals surface area contributed by atoms with E-state index in [9.17, 15) is 0 Å². The third kappa shape index (κ3) is 2.70. The van der Waals surface area contributed by atoms with Crippen LogP contribution in [0, 0.1) is 0 Å². The van der Waals surface area contributed by atoms with E-state index in [2.05, 4.69) is 16.8 Å². The van der Waals surface area contributed by atoms with Gasteiger partial charge in [0.15, 0.2) is 0 Å². The standard InChI is InChI=1S/C10H17N3/c1-3-6-13(2)10-7-9(8-11)4-5-12-10/h4-5,7H,3,6,8,11H2,1-2H3. The summed E-state index contributed by atoms with van der Waals surface area (Å²) in [5.74, 6) is 1.00. The molecule has 3 heteroatoms. The van der Waals surface area contributed by atoms with Gasteiger partial charge in [-0.05, 0) is 24.1 Å². The summed E-state index contributed by atoms with van der Waals surface area (Å²) in [4.78, 5) is 6.41. The van der Waals surface area contributed by atoms with Gasteiger partial charge in [-0.25, -0.2) is 4.98 Å². The molecular weight excluding hydrogens is 162 g/mol. The third-order valence-electron chi connectivity index (χ3n) is 2.00. The minimum absolute atomic E-state index is 0.579. The first-order valence-electron chi connectivity index (χ1n) is 4.64. The Kier molecular flexibility index (Phi) is 3.71. The van der Waals surface area contributed by atoms with Crippen molar-refractivity contribution in [2.75, 3.05) is 18.5 Å². The first kappa shape index (κ1) is 9.99. The van der Waals surface area contributed by atoms with E-state index in [-0.39, 0.29) is 0 Å². The van der Waals surface area contributed by atoms with Crippen LogP contribution in [-0.4, -0.2) is 18.6 Å². The lowest BCUT2D eigenvalue weighted by molar-refractivity contribution is 0.835. The maximum absolute atomic E-state index is 5.55. The molecule has 1 rings (SSSR count). The molecule has 0 aliphatic heterocycles. The third-order valence-corrected chi connectivity index (χ3v) is 2.00. The molecule has 0 amide bonds. The molecule has 0 aliphatic rings. The Hall–Kier alpha value is -1.09. The zero-order valence-corrected chi connectivity index (χ0v) is 8.33. The predicted molar refractivity (Wildman–Crippen MR) is 55.7 cm³/mol. The molecule has 0 unspecified atom stereocenters. The summed E-state index contributed by atoms with van der Waals surface area (Å²) in [6.07, 6.45) is 2.94. The molecule has 0 saturated carbocycles. The number of nitrogens with two attached hydrogens (primary N) is 1. The molecule has 0 spiro atoms. The molecule has 0 saturated heterocycles. The van der Waals surface area contributed by atoms with Crippen LogP contribution in [0.25, 0.3) is 0 Å². The van der Waals surface area contributed by atoms with Gasteiger partial charge < -0.3 is 10.6 Å². The molecule has 72 valence electrons. The van der Waals surface area contributed by atoms with Crippen molar-refractivity contribution in [3.05, 3.63) is 23.9 Å². The Morgan fingerprint density at radius 1 is 1.54 bits per heavy atom. The maximum atomic E-state index is 5.55. The highest BCUT2D eigenvalue weighted by atomic mass is 15.2. The number of hydrogen-bond donors (Lipinski definition) is 1. The van der Waals surface area contributed by atoms with Crippen LogP contribution in [0.2, 0.25) is 0 Å². The Bertz CT molecular complexity index is 260. The second-order valence-corrected chi connectivity index (χ2v) is 3.15. The summed E-state index contributed by atoms with van der Waals surface area (Å²) in [5, 5.41) is 0. The lowest BCUT2D eigenvalue weighted by atomic mass is 10.2. The molecule has 1 aromatic heterocycles. The van der Waals surface area contributed by atoms with Gasteiger partial charge in [-0.3, -0.25) is 0 Å². The fraction of sp³-hybridized carbons (Fsp3) is 0.500. The number of nitrogens with zero attached hydrogens (tertiary/aromatic N) is 2. The molecular formula is C10H17N3. The van der Waals surface area contributed by atoms with Crippen LogP contribution >= 0.6 is 0 Å². The number of pyridine rings is 1. The average Bonchev–Trinajstić information content (AvgIpc) is 2.18. The summed E-state index contributed by atoms with van der Waals surface area (Å²) in [6, 6.07) is 3.99. The van der Waals surface area contributed by atoms with E-state index in [0.717, 1.165) is 24.3 Å². The van der Waals surface area contributed by atoms with Gasteiger partial charge in [0, 0.05) is 26.3 Å². The van der Waals surface area contributed by atoms with E-state index in [1.54, 1.807) is 0 Å². The van der Waals surface area contributed by atoms with Gasteiger partial charge in [-0.15, -0.1) is 0 Å². The molecule has 0 aliphatic carbocycles. The molecule has 3 nitrogen and oxygen atoms in total. The van der Waals surface area contributed by atoms with E-state index < -0.39 is 0 Å². The van der Waals surface area contributed by atoms with Gasteiger partial charge >= 0.3 is 0 Å². The van der Waals surface area contributed by atoms with Crippen LogP contribution < -0.4 is 10.6 Å². The topological polar surface area (TPSA) is 42.1 Å². The number of rotatable bonds is 4. The van der Waals surface area contributed by atoms with E-state index >= 15 is 0 Å². The number of hydrogen-bond acceptors (Lipinski definition) is 3. The summed E-state index contributed by atoms with van der Waals surface area (Å²) >= 11 is 0. The molecule has 13 heavy (non-hydrogen) atoms. The van der Waals surface area contributed by atoms with Crippen molar-refractivity contribution in [3.63, 3.8) is 0 Å². The van der Waals surface area contributed by atoms with Gasteiger partial charge in [-0.2, -0.15) is 0 Å². The van der Waals surface area contributed by atoms with Crippen molar-refractivity contribution in [2.24, 2.45) is 5.73 Å². The van der Waals surface area contributed by atoms with Gasteiger partial charge in [0.1, 0.15) is 5.82 Å². The number of anilines is 1. The summed E-state index contributed by atoms with van der Waals surface area (Å²) < 4.78 is 0. The monoisotopic (exact) mass is 179 g/mol. The number of aromatic nitrogens is 1. The molecule has 0 bridgehead atoms. The van der Waals surface area contributed by atoms with Crippen molar-refractivity contribution in [1.82, 2.24) is 4.98 Å². The van der Waals surface area contributed by atoms with Crippen LogP contribution in [0.1, 0.15) is 18.9 Å². The van der Waals surface area contributed by atoms with E-state index in [0.29, 0.717) is 6.54 Å². The fourth-order valence-corrected chi connectivity index (χ4v) is 1.25. The first-order valence-corrected chi connectivity index (χ1v) is 4.64. The van der Waals surface area contributed by atoms with E-state index in [4.69, 9.17) is 5.73 Å². The quantitative estimate of drug-likeness (QED) is 0.759. The minimum atomic E-state index is 0.579. The van der Waals surface area contributed by atoms with Crippen molar-refractivity contribution in [3.8, 4) is 0 Å². The maximum Gasteiger partial charge on any atom is 0.128 e. The van der Waals surface area contributed by atoms with Crippen molar-refractivity contribution in [1.29, 1.82) is 0 Å². The Morgan fingerprint density at radius 3 is 2.92 bits per heavy atom.